The number of piperidine rings is 1. The Morgan fingerprint density at radius 3 is 2.05 bits per heavy atom. The van der Waals surface area contributed by atoms with Crippen LogP contribution in [0.15, 0.2) is 12.7 Å². The van der Waals surface area contributed by atoms with Gasteiger partial charge in [-0.25, -0.2) is 4.79 Å². The minimum atomic E-state index is -1.02. The van der Waals surface area contributed by atoms with Gasteiger partial charge in [-0.05, 0) is 71.5 Å². The maximum absolute atomic E-state index is 15.2. The molecule has 318 valence electrons. The lowest BCUT2D eigenvalue weighted by Crippen LogP contribution is -2.63. The molecule has 2 saturated heterocycles. The number of carbonyl (C=O) groups excluding carboxylic acids is 7. The molecule has 0 radical (unpaired) electrons. The van der Waals surface area contributed by atoms with Crippen LogP contribution < -0.4 is 21.3 Å². The van der Waals surface area contributed by atoms with Crippen LogP contribution in [0.3, 0.4) is 0 Å². The summed E-state index contributed by atoms with van der Waals surface area (Å²) in [6.45, 7) is 20.1. The second kappa shape index (κ2) is 17.2. The lowest BCUT2D eigenvalue weighted by atomic mass is 9.70. The van der Waals surface area contributed by atoms with E-state index in [2.05, 4.69) is 41.7 Å². The number of rotatable bonds is 14. The van der Waals surface area contributed by atoms with Crippen LogP contribution in [0.25, 0.3) is 0 Å². The Labute approximate surface area is 340 Å². The van der Waals surface area contributed by atoms with Crippen molar-refractivity contribution >= 4 is 41.4 Å². The molecule has 7 amide bonds. The lowest BCUT2D eigenvalue weighted by molar-refractivity contribution is -0.153. The second-order valence-electron chi connectivity index (χ2n) is 20.8. The SMILES string of the molecule is C=CCNC(=O)C(=O)C(CC1CCC1)NC(=O)[C@@H]1[C@H]2CCC(C)(C)[C@H]2CN1C(=O)[C@@H](NC(=O)N[C@H](CN1C(=O)CC(C)(C)CC1=O)C(C)(C)C)C1(C)CCCCC1. The molecule has 2 aliphatic heterocycles. The highest BCUT2D eigenvalue weighted by molar-refractivity contribution is 6.38. The van der Waals surface area contributed by atoms with Gasteiger partial charge in [0, 0.05) is 32.5 Å². The highest BCUT2D eigenvalue weighted by Crippen LogP contribution is 2.53. The largest absolute Gasteiger partial charge is 0.346 e. The van der Waals surface area contributed by atoms with Crippen LogP contribution in [0.1, 0.15) is 139 Å². The highest BCUT2D eigenvalue weighted by Gasteiger charge is 2.58. The van der Waals surface area contributed by atoms with Gasteiger partial charge in [-0.3, -0.25) is 33.7 Å². The summed E-state index contributed by atoms with van der Waals surface area (Å²) in [7, 11) is 0. The summed E-state index contributed by atoms with van der Waals surface area (Å²) in [6.07, 6.45) is 11.0. The van der Waals surface area contributed by atoms with Crippen molar-refractivity contribution in [2.75, 3.05) is 19.6 Å². The van der Waals surface area contributed by atoms with Gasteiger partial charge >= 0.3 is 6.03 Å². The summed E-state index contributed by atoms with van der Waals surface area (Å²) in [5, 5.41) is 11.7. The number of nitrogens with zero attached hydrogens (tertiary/aromatic N) is 2. The molecule has 0 aromatic carbocycles. The van der Waals surface area contributed by atoms with Crippen LogP contribution in [-0.2, 0) is 28.8 Å². The van der Waals surface area contributed by atoms with E-state index in [1.54, 1.807) is 4.90 Å². The molecule has 0 aromatic rings. The predicted octanol–water partition coefficient (Wildman–Crippen LogP) is 5.02. The molecule has 0 aromatic heterocycles. The van der Waals surface area contributed by atoms with Crippen molar-refractivity contribution in [1.82, 2.24) is 31.1 Å². The van der Waals surface area contributed by atoms with E-state index in [0.29, 0.717) is 25.8 Å². The van der Waals surface area contributed by atoms with Gasteiger partial charge in [0.1, 0.15) is 12.1 Å². The van der Waals surface area contributed by atoms with Gasteiger partial charge in [-0.2, -0.15) is 0 Å². The fraction of sp³-hybridized carbons (Fsp3) is 0.795. The van der Waals surface area contributed by atoms with Crippen molar-refractivity contribution in [1.29, 1.82) is 0 Å². The number of nitrogens with one attached hydrogen (secondary N) is 4. The standard InChI is InChI=1S/C44H70N6O7/c1-10-21-45-38(55)35(53)30(22-27-15-14-16-27)46-37(54)34-28-17-20-43(7,8)29(28)25-50(34)39(56)36(44(9)18-12-11-13-19-44)48-40(57)47-31(41(2,3)4)26-49-32(51)23-42(5,6)24-33(49)52/h10,27-31,34,36H,1,11-26H2,2-9H3,(H,45,55)(H,46,54)(H2,47,48,57)/t28-,29-,30?,31+,34-,36+/m0/s1. The average Bonchev–Trinajstić information content (AvgIpc) is 3.63. The lowest BCUT2D eigenvalue weighted by Gasteiger charge is -2.43. The smallest absolute Gasteiger partial charge is 0.315 e. The zero-order valence-electron chi connectivity index (χ0n) is 35.9. The van der Waals surface area contributed by atoms with Crippen LogP contribution in [-0.4, -0.2) is 95.0 Å². The third kappa shape index (κ3) is 10.1. The van der Waals surface area contributed by atoms with Crippen LogP contribution in [0, 0.1) is 39.4 Å². The molecule has 0 bridgehead atoms. The summed E-state index contributed by atoms with van der Waals surface area (Å²) < 4.78 is 0. The molecule has 5 rings (SSSR count). The molecule has 0 spiro atoms. The van der Waals surface area contributed by atoms with Crippen molar-refractivity contribution in [3.8, 4) is 0 Å². The number of hydrogen-bond acceptors (Lipinski definition) is 7. The summed E-state index contributed by atoms with van der Waals surface area (Å²) in [5.74, 6) is -2.68. The number of amides is 7. The van der Waals surface area contributed by atoms with Crippen molar-refractivity contribution < 1.29 is 33.6 Å². The van der Waals surface area contributed by atoms with Crippen molar-refractivity contribution in [3.63, 3.8) is 0 Å². The molecular weight excluding hydrogens is 725 g/mol. The maximum atomic E-state index is 15.2. The number of likely N-dealkylation sites (tertiary alicyclic amines) is 2. The first-order valence-electron chi connectivity index (χ1n) is 21.5. The fourth-order valence-electron chi connectivity index (χ4n) is 10.2. The highest BCUT2D eigenvalue weighted by atomic mass is 16.2. The van der Waals surface area contributed by atoms with E-state index in [1.165, 1.54) is 11.0 Å². The topological polar surface area (TPSA) is 174 Å². The maximum Gasteiger partial charge on any atom is 0.315 e. The van der Waals surface area contributed by atoms with E-state index in [1.807, 2.05) is 41.5 Å². The molecule has 3 saturated carbocycles. The van der Waals surface area contributed by atoms with Crippen molar-refractivity contribution in [3.05, 3.63) is 12.7 Å². The quantitative estimate of drug-likeness (QED) is 0.109. The van der Waals surface area contributed by atoms with E-state index < -0.39 is 64.0 Å². The average molecular weight is 795 g/mol. The van der Waals surface area contributed by atoms with Crippen LogP contribution in [0.5, 0.6) is 0 Å². The Morgan fingerprint density at radius 2 is 1.49 bits per heavy atom. The summed E-state index contributed by atoms with van der Waals surface area (Å²) >= 11 is 0. The van der Waals surface area contributed by atoms with Crippen LogP contribution >= 0.6 is 0 Å². The fourth-order valence-corrected chi connectivity index (χ4v) is 10.2. The molecule has 5 fully saturated rings. The van der Waals surface area contributed by atoms with Gasteiger partial charge in [0.2, 0.25) is 29.4 Å². The van der Waals surface area contributed by atoms with Gasteiger partial charge in [0.15, 0.2) is 0 Å². The molecule has 13 nitrogen and oxygen atoms in total. The van der Waals surface area contributed by atoms with Crippen molar-refractivity contribution in [2.45, 2.75) is 163 Å². The number of imide groups is 1. The summed E-state index contributed by atoms with van der Waals surface area (Å²) in [5.41, 5.74) is -1.72. The summed E-state index contributed by atoms with van der Waals surface area (Å²) in [4.78, 5) is 99.7. The number of hydrogen-bond donors (Lipinski definition) is 4. The third-order valence-electron chi connectivity index (χ3n) is 14.2. The second-order valence-corrected chi connectivity index (χ2v) is 20.8. The molecule has 3 aliphatic carbocycles. The molecule has 6 atom stereocenters. The molecule has 2 heterocycles. The number of fused-ring (bicyclic) bond motifs is 1. The first kappa shape index (κ1) is 44.3. The normalized spacial score (nSPS) is 27.0. The minimum absolute atomic E-state index is 0.0136. The Bertz CT molecular complexity index is 1570. The van der Waals surface area contributed by atoms with E-state index in [9.17, 15) is 28.8 Å². The zero-order chi connectivity index (χ0) is 42.1. The zero-order valence-corrected chi connectivity index (χ0v) is 35.9. The molecular formula is C44H70N6O7. The van der Waals surface area contributed by atoms with Crippen molar-refractivity contribution in [2.24, 2.45) is 39.4 Å². The van der Waals surface area contributed by atoms with Gasteiger partial charge in [-0.1, -0.05) is 100.0 Å². The van der Waals surface area contributed by atoms with Gasteiger partial charge in [-0.15, -0.1) is 6.58 Å². The van der Waals surface area contributed by atoms with E-state index in [4.69, 9.17) is 0 Å². The minimum Gasteiger partial charge on any atom is -0.346 e. The molecule has 57 heavy (non-hydrogen) atoms. The van der Waals surface area contributed by atoms with Gasteiger partial charge < -0.3 is 26.2 Å². The third-order valence-corrected chi connectivity index (χ3v) is 14.2. The molecule has 13 heteroatoms. The number of Topliss-reactive ketones (excluding diaryl/α,β-unsaturated/α-hetero) is 1. The van der Waals surface area contributed by atoms with E-state index in [0.717, 1.165) is 51.4 Å². The van der Waals surface area contributed by atoms with Crippen LogP contribution in [0.4, 0.5) is 4.79 Å². The molecule has 5 aliphatic rings. The van der Waals surface area contributed by atoms with Crippen LogP contribution in [0.2, 0.25) is 0 Å². The molecule has 4 N–H and O–H groups in total. The summed E-state index contributed by atoms with van der Waals surface area (Å²) in [6, 6.07) is -4.05. The monoisotopic (exact) mass is 795 g/mol. The Morgan fingerprint density at radius 1 is 0.860 bits per heavy atom. The molecule has 1 unspecified atom stereocenters. The Balaban J connectivity index is 1.42. The Kier molecular flexibility index (Phi) is 13.4. The number of carbonyl (C=O) groups is 7. The number of urea groups is 1. The Hall–Kier alpha value is -3.77. The first-order valence-corrected chi connectivity index (χ1v) is 21.5. The van der Waals surface area contributed by atoms with E-state index in [-0.39, 0.29) is 66.8 Å². The predicted molar refractivity (Wildman–Crippen MR) is 217 cm³/mol. The van der Waals surface area contributed by atoms with Gasteiger partial charge in [0.25, 0.3) is 5.91 Å². The number of ketones is 1. The van der Waals surface area contributed by atoms with E-state index >= 15 is 4.79 Å². The van der Waals surface area contributed by atoms with Gasteiger partial charge in [0.05, 0.1) is 12.1 Å². The first-order chi connectivity index (χ1) is 26.6.